The zero-order valence-electron chi connectivity index (χ0n) is 15.5. The topological polar surface area (TPSA) is 65.5 Å². The molecule has 1 atom stereocenters. The molecule has 0 aliphatic carbocycles. The minimum absolute atomic E-state index is 0.185. The summed E-state index contributed by atoms with van der Waals surface area (Å²) in [5, 5.41) is 14.1. The van der Waals surface area contributed by atoms with Gasteiger partial charge in [0.2, 0.25) is 0 Å². The average Bonchev–Trinajstić information content (AvgIpc) is 2.59. The van der Waals surface area contributed by atoms with Gasteiger partial charge in [-0.05, 0) is 44.4 Å². The van der Waals surface area contributed by atoms with Crippen molar-refractivity contribution in [1.82, 2.24) is 15.2 Å². The third-order valence-corrected chi connectivity index (χ3v) is 4.83. The van der Waals surface area contributed by atoms with E-state index in [1.54, 1.807) is 4.90 Å². The Morgan fingerprint density at radius 3 is 2.81 bits per heavy atom. The summed E-state index contributed by atoms with van der Waals surface area (Å²) in [4.78, 5) is 19.1. The van der Waals surface area contributed by atoms with E-state index in [-0.39, 0.29) is 12.5 Å². The SMILES string of the molecule is Cc1cccc(CN2CCC[C@](O)(CNCc3cccc(C)n3)C2=O)c1. The number of carbonyl (C=O) groups excluding carboxylic acids is 1. The van der Waals surface area contributed by atoms with Crippen LogP contribution in [-0.4, -0.2) is 39.6 Å². The molecule has 0 radical (unpaired) electrons. The quantitative estimate of drug-likeness (QED) is 0.837. The maximum Gasteiger partial charge on any atom is 0.256 e. The summed E-state index contributed by atoms with van der Waals surface area (Å²) in [5.74, 6) is -0.185. The molecule has 1 aliphatic rings. The molecule has 1 fully saturated rings. The minimum Gasteiger partial charge on any atom is -0.379 e. The third kappa shape index (κ3) is 4.48. The lowest BCUT2D eigenvalue weighted by Gasteiger charge is -2.38. The van der Waals surface area contributed by atoms with Crippen molar-refractivity contribution in [1.29, 1.82) is 0 Å². The Labute approximate surface area is 155 Å². The van der Waals surface area contributed by atoms with Gasteiger partial charge < -0.3 is 15.3 Å². The van der Waals surface area contributed by atoms with Crippen LogP contribution in [0.15, 0.2) is 42.5 Å². The molecule has 1 aromatic carbocycles. The summed E-state index contributed by atoms with van der Waals surface area (Å²) in [7, 11) is 0. The smallest absolute Gasteiger partial charge is 0.256 e. The van der Waals surface area contributed by atoms with Crippen molar-refractivity contribution in [3.8, 4) is 0 Å². The van der Waals surface area contributed by atoms with E-state index in [0.717, 1.165) is 23.4 Å². The summed E-state index contributed by atoms with van der Waals surface area (Å²) >= 11 is 0. The Hall–Kier alpha value is -2.24. The van der Waals surface area contributed by atoms with Gasteiger partial charge in [-0.3, -0.25) is 9.78 Å². The number of aryl methyl sites for hydroxylation is 2. The number of piperidine rings is 1. The van der Waals surface area contributed by atoms with Crippen molar-refractivity contribution in [2.45, 2.75) is 45.4 Å². The second kappa shape index (κ2) is 7.98. The van der Waals surface area contributed by atoms with E-state index in [9.17, 15) is 9.90 Å². The third-order valence-electron chi connectivity index (χ3n) is 4.83. The molecule has 138 valence electrons. The first-order valence-corrected chi connectivity index (χ1v) is 9.17. The van der Waals surface area contributed by atoms with Crippen LogP contribution in [-0.2, 0) is 17.9 Å². The summed E-state index contributed by atoms with van der Waals surface area (Å²) in [6.07, 6.45) is 1.29. The van der Waals surface area contributed by atoms with E-state index in [1.165, 1.54) is 5.56 Å². The highest BCUT2D eigenvalue weighted by atomic mass is 16.3. The van der Waals surface area contributed by atoms with E-state index in [0.29, 0.717) is 26.1 Å². The Morgan fingerprint density at radius 2 is 2.04 bits per heavy atom. The van der Waals surface area contributed by atoms with Crippen molar-refractivity contribution >= 4 is 5.91 Å². The number of nitrogens with zero attached hydrogens (tertiary/aromatic N) is 2. The second-order valence-corrected chi connectivity index (χ2v) is 7.22. The second-order valence-electron chi connectivity index (χ2n) is 7.22. The van der Waals surface area contributed by atoms with Crippen molar-refractivity contribution < 1.29 is 9.90 Å². The molecular formula is C21H27N3O2. The molecular weight excluding hydrogens is 326 g/mol. The number of hydrogen-bond acceptors (Lipinski definition) is 4. The number of hydrogen-bond donors (Lipinski definition) is 2. The molecule has 0 unspecified atom stereocenters. The van der Waals surface area contributed by atoms with Gasteiger partial charge in [0, 0.05) is 31.9 Å². The van der Waals surface area contributed by atoms with Gasteiger partial charge in [-0.1, -0.05) is 35.9 Å². The molecule has 1 amide bonds. The first-order valence-electron chi connectivity index (χ1n) is 9.17. The van der Waals surface area contributed by atoms with Crippen molar-refractivity contribution in [2.24, 2.45) is 0 Å². The van der Waals surface area contributed by atoms with Crippen LogP contribution in [0, 0.1) is 13.8 Å². The minimum atomic E-state index is -1.34. The Morgan fingerprint density at radius 1 is 1.23 bits per heavy atom. The molecule has 2 N–H and O–H groups in total. The van der Waals surface area contributed by atoms with Crippen LogP contribution >= 0.6 is 0 Å². The highest BCUT2D eigenvalue weighted by Gasteiger charge is 2.41. The van der Waals surface area contributed by atoms with Gasteiger partial charge in [0.25, 0.3) is 5.91 Å². The van der Waals surface area contributed by atoms with E-state index in [1.807, 2.05) is 50.2 Å². The Bertz CT molecular complexity index is 777. The lowest BCUT2D eigenvalue weighted by atomic mass is 9.91. The van der Waals surface area contributed by atoms with E-state index in [2.05, 4.69) is 16.4 Å². The largest absolute Gasteiger partial charge is 0.379 e. The summed E-state index contributed by atoms with van der Waals surface area (Å²) in [5.41, 5.74) is 2.80. The molecule has 5 nitrogen and oxygen atoms in total. The highest BCUT2D eigenvalue weighted by Crippen LogP contribution is 2.24. The fourth-order valence-corrected chi connectivity index (χ4v) is 3.51. The lowest BCUT2D eigenvalue weighted by molar-refractivity contribution is -0.157. The lowest BCUT2D eigenvalue weighted by Crippen LogP contribution is -2.57. The zero-order valence-corrected chi connectivity index (χ0v) is 15.5. The van der Waals surface area contributed by atoms with Gasteiger partial charge >= 0.3 is 0 Å². The molecule has 26 heavy (non-hydrogen) atoms. The first-order chi connectivity index (χ1) is 12.5. The fourth-order valence-electron chi connectivity index (χ4n) is 3.51. The van der Waals surface area contributed by atoms with E-state index >= 15 is 0 Å². The summed E-state index contributed by atoms with van der Waals surface area (Å²) < 4.78 is 0. The number of carbonyl (C=O) groups is 1. The number of aromatic nitrogens is 1. The van der Waals surface area contributed by atoms with Gasteiger partial charge in [-0.2, -0.15) is 0 Å². The van der Waals surface area contributed by atoms with Gasteiger partial charge in [-0.25, -0.2) is 0 Å². The molecule has 5 heteroatoms. The van der Waals surface area contributed by atoms with Crippen LogP contribution in [0.2, 0.25) is 0 Å². The van der Waals surface area contributed by atoms with Crippen LogP contribution in [0.25, 0.3) is 0 Å². The Kier molecular flexibility index (Phi) is 5.69. The van der Waals surface area contributed by atoms with E-state index < -0.39 is 5.60 Å². The maximum absolute atomic E-state index is 12.9. The van der Waals surface area contributed by atoms with E-state index in [4.69, 9.17) is 0 Å². The van der Waals surface area contributed by atoms with Crippen LogP contribution in [0.1, 0.15) is 35.4 Å². The van der Waals surface area contributed by atoms with Gasteiger partial charge in [0.05, 0.1) is 5.69 Å². The molecule has 0 bridgehead atoms. The van der Waals surface area contributed by atoms with Gasteiger partial charge in [0.1, 0.15) is 0 Å². The molecule has 2 heterocycles. The number of likely N-dealkylation sites (tertiary alicyclic amines) is 1. The van der Waals surface area contributed by atoms with Gasteiger partial charge in [-0.15, -0.1) is 0 Å². The summed E-state index contributed by atoms with van der Waals surface area (Å²) in [6.45, 7) is 6.00. The predicted molar refractivity (Wildman–Crippen MR) is 101 cm³/mol. The zero-order chi connectivity index (χ0) is 18.6. The van der Waals surface area contributed by atoms with Crippen molar-refractivity contribution in [3.05, 3.63) is 65.0 Å². The van der Waals surface area contributed by atoms with Crippen LogP contribution in [0.5, 0.6) is 0 Å². The highest BCUT2D eigenvalue weighted by molar-refractivity contribution is 5.86. The predicted octanol–water partition coefficient (Wildman–Crippen LogP) is 2.34. The van der Waals surface area contributed by atoms with Crippen LogP contribution < -0.4 is 5.32 Å². The number of aliphatic hydroxyl groups is 1. The normalized spacial score (nSPS) is 20.4. The monoisotopic (exact) mass is 353 g/mol. The number of amides is 1. The molecule has 1 saturated heterocycles. The number of nitrogens with one attached hydrogen (secondary N) is 1. The standard InChI is InChI=1S/C21H27N3O2/c1-16-6-3-8-18(12-16)14-24-11-5-10-21(26,20(24)25)15-22-13-19-9-4-7-17(2)23-19/h3-4,6-9,12,22,26H,5,10-11,13-15H2,1-2H3/t21-/m0/s1. The molecule has 3 rings (SSSR count). The molecule has 1 aliphatic heterocycles. The van der Waals surface area contributed by atoms with Crippen molar-refractivity contribution in [3.63, 3.8) is 0 Å². The van der Waals surface area contributed by atoms with Crippen LogP contribution in [0.3, 0.4) is 0 Å². The number of rotatable bonds is 6. The Balaban J connectivity index is 1.60. The average molecular weight is 353 g/mol. The maximum atomic E-state index is 12.9. The molecule has 0 spiro atoms. The number of benzene rings is 1. The molecule has 0 saturated carbocycles. The fraction of sp³-hybridized carbons (Fsp3) is 0.429. The first kappa shape index (κ1) is 18.5. The number of pyridine rings is 1. The molecule has 1 aromatic heterocycles. The molecule has 2 aromatic rings. The van der Waals surface area contributed by atoms with Gasteiger partial charge in [0.15, 0.2) is 5.60 Å². The summed E-state index contributed by atoms with van der Waals surface area (Å²) in [6, 6.07) is 14.0. The van der Waals surface area contributed by atoms with Crippen LogP contribution in [0.4, 0.5) is 0 Å². The van der Waals surface area contributed by atoms with Crippen molar-refractivity contribution in [2.75, 3.05) is 13.1 Å².